The number of carbonyl (C=O) groups excluding carboxylic acids is 1. The fourth-order valence-electron chi connectivity index (χ4n) is 2.11. The van der Waals surface area contributed by atoms with Crippen LogP contribution < -0.4 is 0 Å². The van der Waals surface area contributed by atoms with Gasteiger partial charge in [0.2, 0.25) is 0 Å². The van der Waals surface area contributed by atoms with Crippen molar-refractivity contribution in [1.29, 1.82) is 0 Å². The predicted molar refractivity (Wildman–Crippen MR) is 72.9 cm³/mol. The average molecular weight is 257 g/mol. The van der Waals surface area contributed by atoms with Crippen molar-refractivity contribution in [3.63, 3.8) is 0 Å². The van der Waals surface area contributed by atoms with Crippen LogP contribution in [0.3, 0.4) is 0 Å². The fourth-order valence-corrected chi connectivity index (χ4v) is 2.11. The van der Waals surface area contributed by atoms with Gasteiger partial charge in [0, 0.05) is 23.4 Å². The zero-order valence-corrected chi connectivity index (χ0v) is 11.3. The molecule has 1 heterocycles. The molecule has 0 spiro atoms. The number of halogens is 1. The minimum Gasteiger partial charge on any atom is -0.294 e. The van der Waals surface area contributed by atoms with Crippen LogP contribution in [-0.4, -0.2) is 10.8 Å². The summed E-state index contributed by atoms with van der Waals surface area (Å²) in [5.41, 5.74) is 3.92. The van der Waals surface area contributed by atoms with E-state index in [0.29, 0.717) is 5.56 Å². The molecule has 0 unspecified atom stereocenters. The smallest absolute Gasteiger partial charge is 0.169 e. The largest absolute Gasteiger partial charge is 0.294 e. The number of pyridine rings is 1. The number of rotatable bonds is 3. The zero-order valence-electron chi connectivity index (χ0n) is 11.3. The lowest BCUT2D eigenvalue weighted by Gasteiger charge is -2.07. The van der Waals surface area contributed by atoms with Crippen molar-refractivity contribution >= 4 is 5.78 Å². The topological polar surface area (TPSA) is 30.0 Å². The lowest BCUT2D eigenvalue weighted by molar-refractivity contribution is 0.0991. The maximum Gasteiger partial charge on any atom is 0.169 e. The van der Waals surface area contributed by atoms with Crippen LogP contribution in [0.4, 0.5) is 4.39 Å². The van der Waals surface area contributed by atoms with Crippen LogP contribution in [0.25, 0.3) is 0 Å². The molecule has 1 aromatic carbocycles. The number of carbonyl (C=O) groups is 1. The SMILES string of the molecule is Cc1ccc(C(=O)Cc2ccc(F)cc2C)c(C)n1. The molecule has 0 saturated carbocycles. The molecule has 3 heteroatoms. The van der Waals surface area contributed by atoms with Crippen molar-refractivity contribution in [3.8, 4) is 0 Å². The average Bonchev–Trinajstić information content (AvgIpc) is 2.32. The van der Waals surface area contributed by atoms with Crippen molar-refractivity contribution in [2.75, 3.05) is 0 Å². The monoisotopic (exact) mass is 257 g/mol. The lowest BCUT2D eigenvalue weighted by atomic mass is 9.98. The van der Waals surface area contributed by atoms with E-state index in [1.807, 2.05) is 26.8 Å². The highest BCUT2D eigenvalue weighted by Crippen LogP contribution is 2.15. The summed E-state index contributed by atoms with van der Waals surface area (Å²) in [6.45, 7) is 5.54. The summed E-state index contributed by atoms with van der Waals surface area (Å²) in [5.74, 6) is -0.262. The Kier molecular flexibility index (Phi) is 3.74. The summed E-state index contributed by atoms with van der Waals surface area (Å²) < 4.78 is 13.0. The minimum atomic E-state index is -0.276. The first-order valence-electron chi connectivity index (χ1n) is 6.20. The highest BCUT2D eigenvalue weighted by molar-refractivity contribution is 5.98. The van der Waals surface area contributed by atoms with Gasteiger partial charge >= 0.3 is 0 Å². The molecule has 0 bridgehead atoms. The van der Waals surface area contributed by atoms with Gasteiger partial charge in [-0.05, 0) is 56.2 Å². The number of hydrogen-bond donors (Lipinski definition) is 0. The third-order valence-corrected chi connectivity index (χ3v) is 3.18. The third-order valence-electron chi connectivity index (χ3n) is 3.18. The van der Waals surface area contributed by atoms with E-state index in [1.165, 1.54) is 12.1 Å². The van der Waals surface area contributed by atoms with Gasteiger partial charge < -0.3 is 0 Å². The number of aromatic nitrogens is 1. The molecule has 0 atom stereocenters. The van der Waals surface area contributed by atoms with Gasteiger partial charge in [-0.15, -0.1) is 0 Å². The van der Waals surface area contributed by atoms with Crippen molar-refractivity contribution in [1.82, 2.24) is 4.98 Å². The Morgan fingerprint density at radius 2 is 1.89 bits per heavy atom. The molecule has 0 amide bonds. The Balaban J connectivity index is 2.25. The second-order valence-electron chi connectivity index (χ2n) is 4.76. The van der Waals surface area contributed by atoms with Crippen LogP contribution in [0.1, 0.15) is 32.9 Å². The first-order chi connectivity index (χ1) is 8.97. The van der Waals surface area contributed by atoms with Crippen molar-refractivity contribution < 1.29 is 9.18 Å². The normalized spacial score (nSPS) is 10.5. The number of Topliss-reactive ketones (excluding diaryl/α,β-unsaturated/α-hetero) is 1. The zero-order chi connectivity index (χ0) is 14.0. The maximum absolute atomic E-state index is 13.0. The van der Waals surface area contributed by atoms with Gasteiger partial charge in [0.1, 0.15) is 5.82 Å². The Morgan fingerprint density at radius 3 is 2.53 bits per heavy atom. The predicted octanol–water partition coefficient (Wildman–Crippen LogP) is 3.57. The van der Waals surface area contributed by atoms with Gasteiger partial charge in [-0.3, -0.25) is 9.78 Å². The number of ketones is 1. The van der Waals surface area contributed by atoms with E-state index >= 15 is 0 Å². The van der Waals surface area contributed by atoms with Gasteiger partial charge in [0.05, 0.1) is 0 Å². The molecule has 98 valence electrons. The van der Waals surface area contributed by atoms with Gasteiger partial charge in [-0.2, -0.15) is 0 Å². The molecule has 2 aromatic rings. The second-order valence-corrected chi connectivity index (χ2v) is 4.76. The van der Waals surface area contributed by atoms with E-state index in [4.69, 9.17) is 0 Å². The summed E-state index contributed by atoms with van der Waals surface area (Å²) in [6.07, 6.45) is 0.275. The molecule has 1 aromatic heterocycles. The van der Waals surface area contributed by atoms with E-state index in [1.54, 1.807) is 12.1 Å². The van der Waals surface area contributed by atoms with Crippen LogP contribution >= 0.6 is 0 Å². The molecule has 2 rings (SSSR count). The molecule has 0 radical (unpaired) electrons. The molecule has 0 saturated heterocycles. The molecule has 0 aliphatic heterocycles. The van der Waals surface area contributed by atoms with Crippen LogP contribution in [-0.2, 0) is 6.42 Å². The van der Waals surface area contributed by atoms with Crippen molar-refractivity contribution in [3.05, 3.63) is 64.2 Å². The molecular weight excluding hydrogens is 241 g/mol. The molecule has 19 heavy (non-hydrogen) atoms. The number of aryl methyl sites for hydroxylation is 3. The van der Waals surface area contributed by atoms with Crippen molar-refractivity contribution in [2.45, 2.75) is 27.2 Å². The van der Waals surface area contributed by atoms with Crippen LogP contribution in [0.5, 0.6) is 0 Å². The van der Waals surface area contributed by atoms with E-state index in [0.717, 1.165) is 22.5 Å². The van der Waals surface area contributed by atoms with E-state index < -0.39 is 0 Å². The summed E-state index contributed by atoms with van der Waals surface area (Å²) in [4.78, 5) is 16.5. The van der Waals surface area contributed by atoms with Crippen LogP contribution in [0.15, 0.2) is 30.3 Å². The fraction of sp³-hybridized carbons (Fsp3) is 0.250. The Hall–Kier alpha value is -2.03. The standard InChI is InChI=1S/C16H16FNO/c1-10-8-14(17)6-5-13(10)9-16(19)15-7-4-11(2)18-12(15)3/h4-8H,9H2,1-3H3. The second kappa shape index (κ2) is 5.31. The van der Waals surface area contributed by atoms with Crippen LogP contribution in [0, 0.1) is 26.6 Å². The van der Waals surface area contributed by atoms with Crippen molar-refractivity contribution in [2.24, 2.45) is 0 Å². The number of nitrogens with zero attached hydrogens (tertiary/aromatic N) is 1. The molecule has 2 nitrogen and oxygen atoms in total. The molecule has 0 aliphatic carbocycles. The highest BCUT2D eigenvalue weighted by Gasteiger charge is 2.12. The molecule has 0 N–H and O–H groups in total. The van der Waals surface area contributed by atoms with E-state index in [-0.39, 0.29) is 18.0 Å². The highest BCUT2D eigenvalue weighted by atomic mass is 19.1. The maximum atomic E-state index is 13.0. The van der Waals surface area contributed by atoms with Gasteiger partial charge in [-0.25, -0.2) is 4.39 Å². The summed E-state index contributed by atoms with van der Waals surface area (Å²) in [5, 5.41) is 0. The van der Waals surface area contributed by atoms with E-state index in [9.17, 15) is 9.18 Å². The first-order valence-corrected chi connectivity index (χ1v) is 6.20. The first kappa shape index (κ1) is 13.4. The van der Waals surface area contributed by atoms with E-state index in [2.05, 4.69) is 4.98 Å². The molecular formula is C16H16FNO. The minimum absolute atomic E-state index is 0.0136. The van der Waals surface area contributed by atoms with Gasteiger partial charge in [0.15, 0.2) is 5.78 Å². The van der Waals surface area contributed by atoms with Gasteiger partial charge in [-0.1, -0.05) is 6.07 Å². The number of benzene rings is 1. The third kappa shape index (κ3) is 3.05. The summed E-state index contributed by atoms with van der Waals surface area (Å²) in [6, 6.07) is 8.13. The Bertz CT molecular complexity index is 635. The Labute approximate surface area is 112 Å². The lowest BCUT2D eigenvalue weighted by Crippen LogP contribution is -2.08. The van der Waals surface area contributed by atoms with Gasteiger partial charge in [0.25, 0.3) is 0 Å². The molecule has 0 fully saturated rings. The van der Waals surface area contributed by atoms with Crippen LogP contribution in [0.2, 0.25) is 0 Å². The summed E-state index contributed by atoms with van der Waals surface area (Å²) >= 11 is 0. The quantitative estimate of drug-likeness (QED) is 0.787. The molecule has 0 aliphatic rings. The Morgan fingerprint density at radius 1 is 1.16 bits per heavy atom. The number of hydrogen-bond acceptors (Lipinski definition) is 2. The summed E-state index contributed by atoms with van der Waals surface area (Å²) in [7, 11) is 0.